The monoisotopic (exact) mass is 262 g/mol. The van der Waals surface area contributed by atoms with Gasteiger partial charge < -0.3 is 4.98 Å². The molecule has 0 fully saturated rings. The second kappa shape index (κ2) is 4.61. The Morgan fingerprint density at radius 1 is 1.22 bits per heavy atom. The summed E-state index contributed by atoms with van der Waals surface area (Å²) < 4.78 is 14.2. The van der Waals surface area contributed by atoms with E-state index in [2.05, 4.69) is 9.97 Å². The molecule has 0 radical (unpaired) electrons. The summed E-state index contributed by atoms with van der Waals surface area (Å²) in [6.45, 7) is 6.10. The van der Waals surface area contributed by atoms with Gasteiger partial charge in [-0.2, -0.15) is 0 Å². The van der Waals surface area contributed by atoms with Gasteiger partial charge in [-0.05, 0) is 18.2 Å². The first-order valence-corrected chi connectivity index (χ1v) is 6.15. The summed E-state index contributed by atoms with van der Waals surface area (Å²) in [5.41, 5.74) is 1.02. The van der Waals surface area contributed by atoms with Crippen LogP contribution in [0.15, 0.2) is 30.3 Å². The summed E-state index contributed by atoms with van der Waals surface area (Å²) in [4.78, 5) is 7.46. The Hall–Kier alpha value is -1.55. The molecule has 0 amide bonds. The third kappa shape index (κ3) is 2.64. The van der Waals surface area contributed by atoms with E-state index in [-0.39, 0.29) is 11.2 Å². The Bertz CT molecular complexity index is 626. The Morgan fingerprint density at radius 3 is 2.50 bits per heavy atom. The average molecular weight is 262 g/mol. The maximum atomic E-state index is 13.8. The smallest absolute Gasteiger partial charge is 0.132 e. The minimum atomic E-state index is -0.269. The summed E-state index contributed by atoms with van der Waals surface area (Å²) in [5, 5.41) is 0. The van der Waals surface area contributed by atoms with E-state index >= 15 is 0 Å². The molecule has 0 atom stereocenters. The lowest BCUT2D eigenvalue weighted by molar-refractivity contribution is 0.544. The molecule has 0 saturated heterocycles. The number of aromatic nitrogens is 2. The highest BCUT2D eigenvalue weighted by atomic mass is 32.1. The van der Waals surface area contributed by atoms with Crippen molar-refractivity contribution in [2.45, 2.75) is 26.2 Å². The number of H-pyrrole nitrogens is 1. The minimum Gasteiger partial charge on any atom is -0.343 e. The van der Waals surface area contributed by atoms with Crippen molar-refractivity contribution in [2.75, 3.05) is 0 Å². The number of hydrogen-bond donors (Lipinski definition) is 1. The van der Waals surface area contributed by atoms with Crippen LogP contribution in [0, 0.1) is 10.5 Å². The highest BCUT2D eigenvalue weighted by Gasteiger charge is 2.17. The second-order valence-electron chi connectivity index (χ2n) is 5.21. The molecule has 1 N–H and O–H groups in total. The van der Waals surface area contributed by atoms with Crippen molar-refractivity contribution < 1.29 is 4.39 Å². The van der Waals surface area contributed by atoms with Crippen molar-refractivity contribution in [3.05, 3.63) is 46.6 Å². The molecule has 18 heavy (non-hydrogen) atoms. The molecule has 4 heteroatoms. The van der Waals surface area contributed by atoms with Crippen molar-refractivity contribution in [2.24, 2.45) is 0 Å². The Balaban J connectivity index is 2.63. The Kier molecular flexibility index (Phi) is 3.30. The molecule has 2 rings (SSSR count). The molecule has 0 saturated carbocycles. The molecule has 0 spiro atoms. The first-order valence-electron chi connectivity index (χ1n) is 5.75. The van der Waals surface area contributed by atoms with Gasteiger partial charge in [0.25, 0.3) is 0 Å². The number of aromatic amines is 1. The predicted molar refractivity (Wildman–Crippen MR) is 73.5 cm³/mol. The molecular weight excluding hydrogens is 247 g/mol. The summed E-state index contributed by atoms with van der Waals surface area (Å²) in [6.07, 6.45) is 0. The van der Waals surface area contributed by atoms with E-state index in [0.29, 0.717) is 15.9 Å². The number of rotatable bonds is 1. The summed E-state index contributed by atoms with van der Waals surface area (Å²) >= 11 is 5.15. The number of hydrogen-bond acceptors (Lipinski definition) is 2. The van der Waals surface area contributed by atoms with Crippen molar-refractivity contribution in [3.63, 3.8) is 0 Å². The maximum absolute atomic E-state index is 13.8. The number of halogens is 1. The average Bonchev–Trinajstić information content (AvgIpc) is 2.27. The van der Waals surface area contributed by atoms with E-state index < -0.39 is 0 Å². The van der Waals surface area contributed by atoms with Crippen LogP contribution in [0.1, 0.15) is 26.6 Å². The molecule has 1 aromatic heterocycles. The zero-order chi connectivity index (χ0) is 13.3. The van der Waals surface area contributed by atoms with Gasteiger partial charge in [0.1, 0.15) is 16.3 Å². The van der Waals surface area contributed by atoms with Crippen LogP contribution < -0.4 is 0 Å². The topological polar surface area (TPSA) is 28.7 Å². The molecule has 0 aliphatic carbocycles. The van der Waals surface area contributed by atoms with Crippen molar-refractivity contribution in [3.8, 4) is 11.3 Å². The lowest BCUT2D eigenvalue weighted by atomic mass is 9.95. The molecule has 94 valence electrons. The lowest BCUT2D eigenvalue weighted by Gasteiger charge is -2.18. The van der Waals surface area contributed by atoms with E-state index in [4.69, 9.17) is 12.2 Å². The summed E-state index contributed by atoms with van der Waals surface area (Å²) in [5.74, 6) is 0.488. The zero-order valence-electron chi connectivity index (χ0n) is 10.6. The van der Waals surface area contributed by atoms with E-state index in [1.165, 1.54) is 6.07 Å². The van der Waals surface area contributed by atoms with Gasteiger partial charge in [-0.3, -0.25) is 0 Å². The third-order valence-electron chi connectivity index (χ3n) is 2.62. The molecule has 0 bridgehead atoms. The van der Waals surface area contributed by atoms with Gasteiger partial charge in [0.2, 0.25) is 0 Å². The number of nitrogens with zero attached hydrogens (tertiary/aromatic N) is 1. The van der Waals surface area contributed by atoms with Gasteiger partial charge >= 0.3 is 0 Å². The molecule has 1 heterocycles. The van der Waals surface area contributed by atoms with E-state index in [9.17, 15) is 4.39 Å². The van der Waals surface area contributed by atoms with E-state index in [1.54, 1.807) is 24.3 Å². The van der Waals surface area contributed by atoms with Crippen molar-refractivity contribution in [1.82, 2.24) is 9.97 Å². The highest BCUT2D eigenvalue weighted by Crippen LogP contribution is 2.24. The van der Waals surface area contributed by atoms with Crippen LogP contribution in [0.25, 0.3) is 11.3 Å². The number of benzene rings is 1. The normalized spacial score (nSPS) is 11.6. The van der Waals surface area contributed by atoms with Gasteiger partial charge in [-0.1, -0.05) is 45.1 Å². The fraction of sp³-hybridized carbons (Fsp3) is 0.286. The molecule has 2 nitrogen and oxygen atoms in total. The third-order valence-corrected chi connectivity index (χ3v) is 2.83. The zero-order valence-corrected chi connectivity index (χ0v) is 11.4. The quantitative estimate of drug-likeness (QED) is 0.779. The van der Waals surface area contributed by atoms with Crippen LogP contribution in [0.4, 0.5) is 4.39 Å². The first kappa shape index (κ1) is 12.9. The summed E-state index contributed by atoms with van der Waals surface area (Å²) in [6, 6.07) is 8.31. The van der Waals surface area contributed by atoms with Crippen LogP contribution in [-0.2, 0) is 5.41 Å². The molecule has 2 aromatic rings. The number of nitrogens with one attached hydrogen (secondary N) is 1. The van der Waals surface area contributed by atoms with Crippen molar-refractivity contribution >= 4 is 12.2 Å². The lowest BCUT2D eigenvalue weighted by Crippen LogP contribution is -2.16. The largest absolute Gasteiger partial charge is 0.343 e. The maximum Gasteiger partial charge on any atom is 0.132 e. The van der Waals surface area contributed by atoms with E-state index in [1.807, 2.05) is 20.8 Å². The molecule has 0 aliphatic rings. The first-order chi connectivity index (χ1) is 8.38. The standard InChI is InChI=1S/C14H15FN2S/c1-14(2,3)13-16-11(8-12(18)17-13)9-6-4-5-7-10(9)15/h4-8H,1-3H3,(H,16,17,18). The van der Waals surface area contributed by atoms with Gasteiger partial charge in [0.05, 0.1) is 5.69 Å². The molecular formula is C14H15FN2S. The highest BCUT2D eigenvalue weighted by molar-refractivity contribution is 7.71. The molecule has 0 unspecified atom stereocenters. The predicted octanol–water partition coefficient (Wildman–Crippen LogP) is 4.24. The second-order valence-corrected chi connectivity index (χ2v) is 5.63. The van der Waals surface area contributed by atoms with Crippen LogP contribution in [0.5, 0.6) is 0 Å². The fourth-order valence-corrected chi connectivity index (χ4v) is 1.85. The van der Waals surface area contributed by atoms with Crippen LogP contribution in [0.3, 0.4) is 0 Å². The van der Waals surface area contributed by atoms with Crippen molar-refractivity contribution in [1.29, 1.82) is 0 Å². The fourth-order valence-electron chi connectivity index (χ4n) is 1.64. The van der Waals surface area contributed by atoms with Crippen LogP contribution >= 0.6 is 12.2 Å². The minimum absolute atomic E-state index is 0.158. The van der Waals surface area contributed by atoms with Gasteiger partial charge in [0.15, 0.2) is 0 Å². The van der Waals surface area contributed by atoms with Crippen LogP contribution in [0.2, 0.25) is 0 Å². The van der Waals surface area contributed by atoms with Gasteiger partial charge in [0, 0.05) is 11.0 Å². The summed E-state index contributed by atoms with van der Waals surface area (Å²) in [7, 11) is 0. The Morgan fingerprint density at radius 2 is 1.89 bits per heavy atom. The Labute approximate surface area is 111 Å². The van der Waals surface area contributed by atoms with E-state index in [0.717, 1.165) is 5.82 Å². The molecule has 1 aromatic carbocycles. The van der Waals surface area contributed by atoms with Gasteiger partial charge in [-0.25, -0.2) is 9.37 Å². The van der Waals surface area contributed by atoms with Crippen LogP contribution in [-0.4, -0.2) is 9.97 Å². The SMILES string of the molecule is CC(C)(C)c1nc(=S)cc(-c2ccccc2F)[nH]1. The molecule has 0 aliphatic heterocycles. The van der Waals surface area contributed by atoms with Gasteiger partial charge in [-0.15, -0.1) is 0 Å².